The lowest BCUT2D eigenvalue weighted by Crippen LogP contribution is -2.45. The highest BCUT2D eigenvalue weighted by atomic mass is 35.5. The van der Waals surface area contributed by atoms with Crippen LogP contribution in [0, 0.1) is 43.8 Å². The number of Topliss-reactive ketones (excluding diaryl/α,β-unsaturated/α-hetero) is 5. The molecule has 1 saturated carbocycles. The Morgan fingerprint density at radius 3 is 1.18 bits per heavy atom. The van der Waals surface area contributed by atoms with Gasteiger partial charge in [-0.1, -0.05) is 101 Å². The molecule has 1 aliphatic carbocycles. The normalized spacial score (nSPS) is 18.4. The van der Waals surface area contributed by atoms with Crippen LogP contribution in [0.2, 0.25) is 15.1 Å². The van der Waals surface area contributed by atoms with Crippen LogP contribution in [0.15, 0.2) is 164 Å². The minimum absolute atomic E-state index is 0.0101. The Labute approximate surface area is 806 Å². The van der Waals surface area contributed by atoms with Crippen LogP contribution in [-0.4, -0.2) is 253 Å². The number of hydrogen-bond donors (Lipinski definition) is 0. The Balaban J connectivity index is 0.000000136. The molecular formula is C101H119Cl3FN17O14. The number of benzene rings is 5. The maximum atomic E-state index is 13.4. The number of carbonyl (C=O) groups is 10. The molecule has 0 radical (unpaired) electrons. The maximum absolute atomic E-state index is 13.4. The number of fused-ring (bicyclic) bond motifs is 1. The van der Waals surface area contributed by atoms with E-state index in [1.807, 2.05) is 23.1 Å². The quantitative estimate of drug-likeness (QED) is 0.0679. The molecule has 35 heteroatoms. The van der Waals surface area contributed by atoms with Gasteiger partial charge >= 0.3 is 30.2 Å². The van der Waals surface area contributed by atoms with Crippen LogP contribution in [0.5, 0.6) is 5.75 Å². The molecule has 5 aromatic heterocycles. The van der Waals surface area contributed by atoms with Gasteiger partial charge in [-0.2, -0.15) is 48.9 Å². The minimum Gasteiger partial charge on any atom is -0.490 e. The third-order valence-electron chi connectivity index (χ3n) is 26.3. The van der Waals surface area contributed by atoms with Crippen molar-refractivity contribution in [2.24, 2.45) is 17.3 Å². The number of carbonyl (C=O) groups excluding carboxylic acids is 10. The topological polar surface area (TPSA) is 319 Å². The number of halogens is 4. The van der Waals surface area contributed by atoms with Crippen molar-refractivity contribution in [3.05, 3.63) is 253 Å². The van der Waals surface area contributed by atoms with Crippen LogP contribution >= 0.6 is 34.8 Å². The number of piperidine rings is 4. The fourth-order valence-corrected chi connectivity index (χ4v) is 19.4. The zero-order chi connectivity index (χ0) is 96.4. The molecule has 720 valence electrons. The third kappa shape index (κ3) is 27.1. The molecule has 0 bridgehead atoms. The van der Waals surface area contributed by atoms with Crippen LogP contribution in [0.1, 0.15) is 209 Å². The van der Waals surface area contributed by atoms with Crippen molar-refractivity contribution in [2.75, 3.05) is 96.5 Å². The van der Waals surface area contributed by atoms with Gasteiger partial charge in [-0.15, -0.1) is 0 Å². The Hall–Kier alpha value is -11.9. The molecule has 7 aliphatic heterocycles. The number of anilines is 1. The van der Waals surface area contributed by atoms with Crippen molar-refractivity contribution in [1.82, 2.24) is 78.3 Å². The maximum Gasteiger partial charge on any atom is 0.344 e. The summed E-state index contributed by atoms with van der Waals surface area (Å²) in [6.07, 6.45) is 20.2. The van der Waals surface area contributed by atoms with Crippen LogP contribution < -0.4 is 9.64 Å². The number of ether oxygens (including phenoxy) is 4. The number of hydrogen-bond acceptors (Lipinski definition) is 21. The number of ketones is 5. The lowest BCUT2D eigenvalue weighted by molar-refractivity contribution is 0.00415. The Morgan fingerprint density at radius 2 is 0.772 bits per heavy atom. The van der Waals surface area contributed by atoms with Gasteiger partial charge in [0.2, 0.25) is 0 Å². The highest BCUT2D eigenvalue weighted by Gasteiger charge is 2.45. The molecule has 1 spiro atoms. The first-order valence-electron chi connectivity index (χ1n) is 46.7. The van der Waals surface area contributed by atoms with Crippen LogP contribution in [0.3, 0.4) is 0 Å². The first-order chi connectivity index (χ1) is 65.3. The number of aryl methyl sites for hydroxylation is 3. The summed E-state index contributed by atoms with van der Waals surface area (Å²) in [7, 11) is 0. The molecule has 12 heterocycles. The Kier molecular flexibility index (Phi) is 34.0. The van der Waals surface area contributed by atoms with Gasteiger partial charge in [0.15, 0.2) is 28.9 Å². The lowest BCUT2D eigenvalue weighted by atomic mass is 9.78. The summed E-state index contributed by atoms with van der Waals surface area (Å²) in [4.78, 5) is 133. The monoisotopic (exact) mass is 1920 g/mol. The summed E-state index contributed by atoms with van der Waals surface area (Å²) in [6, 6.07) is 40.0. The molecule has 31 nitrogen and oxygen atoms in total. The van der Waals surface area contributed by atoms with E-state index in [0.717, 1.165) is 116 Å². The van der Waals surface area contributed by atoms with Gasteiger partial charge in [-0.3, -0.25) is 28.9 Å². The average Bonchev–Trinajstić information content (AvgIpc) is 1.64. The fourth-order valence-electron chi connectivity index (χ4n) is 18.7. The molecule has 5 aromatic carbocycles. The van der Waals surface area contributed by atoms with E-state index in [9.17, 15) is 52.3 Å². The SMILES string of the molecule is CC(=O)c1ccn(C(=O)N2CCC(OCc3cc(Cl)cc(Cl)c3)CC2)n1.CC(=O)c1ccn(C(=O)N2CCC(OCc3cccc(C)c3)CC2)n1.CC(=O)c1ccn(C(=O)N2CCC(OCc3cccc(N4CCCC4)c3)CC2)n1.CC(=O)c1ccn(C(=O)N2CCC3(CCN(Cc4cc(C)ccc4C)C3)CC2)n1.CC(=O)c1ccn(C(=O)N2C[C@H]3CC(Oc4cc(F)cc(Cl)c4)C[C@H]3C2)n1. The van der Waals surface area contributed by atoms with Gasteiger partial charge in [0, 0.05) is 184 Å². The number of rotatable bonds is 19. The molecule has 1 unspecified atom stereocenters. The van der Waals surface area contributed by atoms with E-state index in [1.165, 1.54) is 141 Å². The predicted octanol–water partition coefficient (Wildman–Crippen LogP) is 17.7. The summed E-state index contributed by atoms with van der Waals surface area (Å²) in [5.41, 5.74) is 11.8. The smallest absolute Gasteiger partial charge is 0.344 e. The van der Waals surface area contributed by atoms with Crippen LogP contribution in [0.25, 0.3) is 0 Å². The molecular weight excluding hydrogens is 1800 g/mol. The van der Waals surface area contributed by atoms with E-state index >= 15 is 0 Å². The number of likely N-dealkylation sites (tertiary alicyclic amines) is 6. The van der Waals surface area contributed by atoms with Crippen molar-refractivity contribution in [3.63, 3.8) is 0 Å². The fraction of sp³-hybridized carbons (Fsp3) is 0.455. The van der Waals surface area contributed by atoms with Crippen molar-refractivity contribution in [1.29, 1.82) is 0 Å². The summed E-state index contributed by atoms with van der Waals surface area (Å²) in [5, 5.41) is 21.7. The van der Waals surface area contributed by atoms with E-state index in [4.69, 9.17) is 53.8 Å². The largest absolute Gasteiger partial charge is 0.490 e. The van der Waals surface area contributed by atoms with E-state index < -0.39 is 5.82 Å². The summed E-state index contributed by atoms with van der Waals surface area (Å²) < 4.78 is 43.6. The molecule has 8 fully saturated rings. The second-order valence-electron chi connectivity index (χ2n) is 36.7. The lowest BCUT2D eigenvalue weighted by Gasteiger charge is -2.39. The summed E-state index contributed by atoms with van der Waals surface area (Å²) in [6.45, 7) is 27.2. The van der Waals surface area contributed by atoms with E-state index in [-0.39, 0.29) is 94.9 Å². The van der Waals surface area contributed by atoms with E-state index in [1.54, 1.807) is 80.7 Å². The Morgan fingerprint density at radius 1 is 0.390 bits per heavy atom. The average molecular weight is 1920 g/mol. The zero-order valence-electron chi connectivity index (χ0n) is 78.3. The molecule has 10 aromatic rings. The first kappa shape index (κ1) is 100. The molecule has 5 amide bonds. The first-order valence-corrected chi connectivity index (χ1v) is 47.8. The van der Waals surface area contributed by atoms with Crippen molar-refractivity contribution in [2.45, 2.75) is 190 Å². The van der Waals surface area contributed by atoms with Gasteiger partial charge in [-0.05, 0) is 229 Å². The van der Waals surface area contributed by atoms with E-state index in [2.05, 4.69) is 117 Å². The number of aromatic nitrogens is 10. The van der Waals surface area contributed by atoms with Crippen LogP contribution in [0.4, 0.5) is 34.1 Å². The highest BCUT2D eigenvalue weighted by molar-refractivity contribution is 6.34. The Bertz CT molecular complexity index is 5860. The van der Waals surface area contributed by atoms with Gasteiger partial charge in [0.1, 0.15) is 40.0 Å². The van der Waals surface area contributed by atoms with Gasteiger partial charge in [0.05, 0.1) is 44.2 Å². The molecule has 18 rings (SSSR count). The molecule has 0 N–H and O–H groups in total. The van der Waals surface area contributed by atoms with E-state index in [0.29, 0.717) is 127 Å². The van der Waals surface area contributed by atoms with Gasteiger partial charge < -0.3 is 48.3 Å². The second-order valence-corrected chi connectivity index (χ2v) is 38.0. The summed E-state index contributed by atoms with van der Waals surface area (Å²) in [5.74, 6) is -0.0437. The molecule has 8 aliphatic rings. The number of nitrogens with zero attached hydrogens (tertiary/aromatic N) is 17. The predicted molar refractivity (Wildman–Crippen MR) is 511 cm³/mol. The summed E-state index contributed by atoms with van der Waals surface area (Å²) >= 11 is 17.9. The van der Waals surface area contributed by atoms with Gasteiger partial charge in [-0.25, -0.2) is 28.4 Å². The van der Waals surface area contributed by atoms with Crippen LogP contribution in [-0.2, 0) is 40.6 Å². The second kappa shape index (κ2) is 46.3. The van der Waals surface area contributed by atoms with Gasteiger partial charge in [0.25, 0.3) is 0 Å². The highest BCUT2D eigenvalue weighted by Crippen LogP contribution is 2.43. The minimum atomic E-state index is -0.420. The zero-order valence-corrected chi connectivity index (χ0v) is 80.6. The standard InChI is InChI=1S/C23H30N4O2.C22H28N4O3.C19H19ClFN3O3.C19H23N3O3.C18H19Cl2N3O3/c1-17-4-5-18(2)20(14-17)15-25-11-7-23(16-25)8-12-26(13-9-23)22(29)27-10-6-21(24-27)19(3)28;1-17(27)21-9-14-26(23-21)22(28)25-12-7-20(8-13-25)29-16-18-5-4-6-19(15-18)24-10-2-3-11-24;1-11(25)18-2-3-24(22-18)19(26)23-9-12-4-16(5-13(12)10-23)27-17-7-14(20)6-15(21)8-17;1-14-4-3-5-16(12-14)13-25-17-6-9-21(10-7-17)19(24)22-11-8-18(20-22)15(2)23;1-12(24)17-4-7-23(21-17)18(25)22-5-2-16(3-6-22)26-11-13-8-14(19)10-15(20)9-13/h4-6,10,14H,7-9,11-13,15-16H2,1-3H3;4-6,9,14-15,20H,2-3,7-8,10-13,16H2,1H3;2-3,6-8,12-13,16H,4-5,9-10H2,1H3;3-5,8,11-12,17H,6-7,9-10,13H2,1-2H3;4,7-10,16H,2-3,5-6,11H2,1H3/t;;12-,13+,16?;;. The van der Waals surface area contributed by atoms with Crippen molar-refractivity contribution in [3.8, 4) is 5.75 Å². The molecule has 136 heavy (non-hydrogen) atoms. The molecule has 3 atom stereocenters. The number of amides is 5. The van der Waals surface area contributed by atoms with Crippen molar-refractivity contribution < 1.29 is 71.3 Å². The third-order valence-corrected chi connectivity index (χ3v) is 27.0. The van der Waals surface area contributed by atoms with Crippen molar-refractivity contribution >= 4 is 99.6 Å². The molecule has 7 saturated heterocycles.